The quantitative estimate of drug-likeness (QED) is 0.852. The maximum atomic E-state index is 11.7. The molecule has 0 aliphatic heterocycles. The molecule has 0 radical (unpaired) electrons. The molecule has 1 aromatic carbocycles. The minimum atomic E-state index is -0.207. The van der Waals surface area contributed by atoms with Gasteiger partial charge < -0.3 is 4.74 Å². The molecule has 1 aromatic heterocycles. The number of hydrogen-bond acceptors (Lipinski definition) is 4. The SMILES string of the molecule is CCOc1ccccc1C=CC(=O)Nc1nccs1. The molecule has 2 aromatic rings. The number of carbonyl (C=O) groups excluding carboxylic acids is 1. The number of hydrogen-bond donors (Lipinski definition) is 1. The Bertz CT molecular complexity index is 565. The fourth-order valence-electron chi connectivity index (χ4n) is 1.50. The summed E-state index contributed by atoms with van der Waals surface area (Å²) in [6.07, 6.45) is 4.85. The van der Waals surface area contributed by atoms with Crippen molar-refractivity contribution < 1.29 is 9.53 Å². The second kappa shape index (κ2) is 6.70. The number of rotatable bonds is 5. The highest BCUT2D eigenvalue weighted by molar-refractivity contribution is 7.13. The van der Waals surface area contributed by atoms with Crippen LogP contribution in [0, 0.1) is 0 Å². The van der Waals surface area contributed by atoms with Gasteiger partial charge in [-0.15, -0.1) is 11.3 Å². The van der Waals surface area contributed by atoms with E-state index in [2.05, 4.69) is 10.3 Å². The lowest BCUT2D eigenvalue weighted by Gasteiger charge is -2.06. The molecule has 0 spiro atoms. The smallest absolute Gasteiger partial charge is 0.250 e. The van der Waals surface area contributed by atoms with Crippen LogP contribution in [0.1, 0.15) is 12.5 Å². The Morgan fingerprint density at radius 3 is 3.05 bits per heavy atom. The first-order valence-corrected chi connectivity index (χ1v) is 6.78. The van der Waals surface area contributed by atoms with Gasteiger partial charge in [0, 0.05) is 23.2 Å². The van der Waals surface area contributed by atoms with E-state index in [1.807, 2.05) is 36.6 Å². The van der Waals surface area contributed by atoms with Crippen LogP contribution in [0.4, 0.5) is 5.13 Å². The van der Waals surface area contributed by atoms with E-state index >= 15 is 0 Å². The van der Waals surface area contributed by atoms with Crippen LogP contribution < -0.4 is 10.1 Å². The highest BCUT2D eigenvalue weighted by Crippen LogP contribution is 2.19. The molecule has 0 atom stereocenters. The topological polar surface area (TPSA) is 51.2 Å². The second-order valence-electron chi connectivity index (χ2n) is 3.63. The summed E-state index contributed by atoms with van der Waals surface area (Å²) in [5, 5.41) is 5.08. The third-order valence-electron chi connectivity index (χ3n) is 2.30. The Hall–Kier alpha value is -2.14. The van der Waals surface area contributed by atoms with E-state index in [1.165, 1.54) is 17.4 Å². The monoisotopic (exact) mass is 274 g/mol. The first-order chi connectivity index (χ1) is 9.29. The standard InChI is InChI=1S/C14H14N2O2S/c1-2-18-12-6-4-3-5-11(12)7-8-13(17)16-14-15-9-10-19-14/h3-10H,2H2,1H3,(H,15,16,17). The molecule has 0 saturated heterocycles. The lowest BCUT2D eigenvalue weighted by Crippen LogP contribution is -2.07. The summed E-state index contributed by atoms with van der Waals surface area (Å²) >= 11 is 1.38. The van der Waals surface area contributed by atoms with Crippen LogP contribution in [0.15, 0.2) is 41.9 Å². The molecule has 4 nitrogen and oxygen atoms in total. The molecule has 19 heavy (non-hydrogen) atoms. The van der Waals surface area contributed by atoms with Gasteiger partial charge in [0.25, 0.3) is 0 Å². The van der Waals surface area contributed by atoms with Crippen molar-refractivity contribution in [1.82, 2.24) is 4.98 Å². The van der Waals surface area contributed by atoms with Crippen molar-refractivity contribution in [2.45, 2.75) is 6.92 Å². The van der Waals surface area contributed by atoms with Crippen LogP contribution in [0.25, 0.3) is 6.08 Å². The van der Waals surface area contributed by atoms with E-state index in [0.717, 1.165) is 11.3 Å². The van der Waals surface area contributed by atoms with E-state index in [0.29, 0.717) is 11.7 Å². The third kappa shape index (κ3) is 3.93. The molecule has 5 heteroatoms. The van der Waals surface area contributed by atoms with Crippen molar-refractivity contribution in [3.8, 4) is 5.75 Å². The summed E-state index contributed by atoms with van der Waals surface area (Å²) < 4.78 is 5.48. The molecule has 0 bridgehead atoms. The van der Waals surface area contributed by atoms with Gasteiger partial charge in [-0.1, -0.05) is 18.2 Å². The largest absolute Gasteiger partial charge is 0.493 e. The number of ether oxygens (including phenoxy) is 1. The van der Waals surface area contributed by atoms with Gasteiger partial charge in [0.1, 0.15) is 5.75 Å². The zero-order valence-electron chi connectivity index (χ0n) is 10.5. The summed E-state index contributed by atoms with van der Waals surface area (Å²) in [6, 6.07) is 7.58. The van der Waals surface area contributed by atoms with Gasteiger partial charge in [-0.3, -0.25) is 10.1 Å². The van der Waals surface area contributed by atoms with Crippen molar-refractivity contribution >= 4 is 28.5 Å². The molecule has 1 heterocycles. The number of carbonyl (C=O) groups is 1. The first-order valence-electron chi connectivity index (χ1n) is 5.90. The van der Waals surface area contributed by atoms with Gasteiger partial charge in [-0.2, -0.15) is 0 Å². The fourth-order valence-corrected chi connectivity index (χ4v) is 2.03. The number of nitrogens with one attached hydrogen (secondary N) is 1. The third-order valence-corrected chi connectivity index (χ3v) is 2.98. The summed E-state index contributed by atoms with van der Waals surface area (Å²) in [7, 11) is 0. The van der Waals surface area contributed by atoms with Crippen molar-refractivity contribution in [3.63, 3.8) is 0 Å². The van der Waals surface area contributed by atoms with Gasteiger partial charge in [-0.25, -0.2) is 4.98 Å². The molecule has 0 aliphatic carbocycles. The number of thiazole rings is 1. The lowest BCUT2D eigenvalue weighted by molar-refractivity contribution is -0.111. The highest BCUT2D eigenvalue weighted by atomic mass is 32.1. The van der Waals surface area contributed by atoms with Crippen molar-refractivity contribution in [3.05, 3.63) is 47.5 Å². The molecule has 2 rings (SSSR count). The van der Waals surface area contributed by atoms with Crippen LogP contribution in [-0.4, -0.2) is 17.5 Å². The number of anilines is 1. The van der Waals surface area contributed by atoms with Gasteiger partial charge in [-0.05, 0) is 19.1 Å². The Kier molecular flexibility index (Phi) is 4.69. The zero-order chi connectivity index (χ0) is 13.5. The Labute approximate surface area is 115 Å². The molecule has 1 N–H and O–H groups in total. The van der Waals surface area contributed by atoms with Crippen LogP contribution in [-0.2, 0) is 4.79 Å². The van der Waals surface area contributed by atoms with Crippen LogP contribution in [0.3, 0.4) is 0 Å². The minimum absolute atomic E-state index is 0.207. The van der Waals surface area contributed by atoms with E-state index < -0.39 is 0 Å². The average Bonchev–Trinajstić information content (AvgIpc) is 2.91. The van der Waals surface area contributed by atoms with E-state index in [4.69, 9.17) is 4.74 Å². The minimum Gasteiger partial charge on any atom is -0.493 e. The molecule has 0 unspecified atom stereocenters. The number of nitrogens with zero attached hydrogens (tertiary/aromatic N) is 1. The highest BCUT2D eigenvalue weighted by Gasteiger charge is 2.01. The maximum Gasteiger partial charge on any atom is 0.250 e. The Morgan fingerprint density at radius 1 is 1.47 bits per heavy atom. The molecule has 0 saturated carbocycles. The van der Waals surface area contributed by atoms with Gasteiger partial charge in [0.15, 0.2) is 5.13 Å². The van der Waals surface area contributed by atoms with Gasteiger partial charge in [0.05, 0.1) is 6.61 Å². The van der Waals surface area contributed by atoms with Crippen LogP contribution in [0.2, 0.25) is 0 Å². The fraction of sp³-hybridized carbons (Fsp3) is 0.143. The zero-order valence-corrected chi connectivity index (χ0v) is 11.3. The number of amides is 1. The summed E-state index contributed by atoms with van der Waals surface area (Å²) in [5.41, 5.74) is 0.874. The maximum absolute atomic E-state index is 11.7. The van der Waals surface area contributed by atoms with Crippen LogP contribution >= 0.6 is 11.3 Å². The van der Waals surface area contributed by atoms with E-state index in [-0.39, 0.29) is 5.91 Å². The molecule has 1 amide bonds. The summed E-state index contributed by atoms with van der Waals surface area (Å²) in [6.45, 7) is 2.52. The summed E-state index contributed by atoms with van der Waals surface area (Å²) in [5.74, 6) is 0.560. The molecule has 0 aliphatic rings. The first kappa shape index (κ1) is 13.3. The second-order valence-corrected chi connectivity index (χ2v) is 4.53. The molecule has 98 valence electrons. The van der Waals surface area contributed by atoms with E-state index in [9.17, 15) is 4.79 Å². The van der Waals surface area contributed by atoms with Crippen molar-refractivity contribution in [2.75, 3.05) is 11.9 Å². The predicted octanol–water partition coefficient (Wildman–Crippen LogP) is 3.19. The van der Waals surface area contributed by atoms with Gasteiger partial charge in [0.2, 0.25) is 5.91 Å². The molecular weight excluding hydrogens is 260 g/mol. The predicted molar refractivity (Wildman–Crippen MR) is 77.4 cm³/mol. The summed E-state index contributed by atoms with van der Waals surface area (Å²) in [4.78, 5) is 15.7. The Balaban J connectivity index is 2.03. The number of benzene rings is 1. The Morgan fingerprint density at radius 2 is 2.32 bits per heavy atom. The average molecular weight is 274 g/mol. The number of para-hydroxylation sites is 1. The number of aromatic nitrogens is 1. The van der Waals surface area contributed by atoms with Crippen molar-refractivity contribution in [2.24, 2.45) is 0 Å². The normalized spacial score (nSPS) is 10.6. The van der Waals surface area contributed by atoms with E-state index in [1.54, 1.807) is 12.3 Å². The molecular formula is C14H14N2O2S. The molecule has 0 fully saturated rings. The lowest BCUT2D eigenvalue weighted by atomic mass is 10.2. The van der Waals surface area contributed by atoms with Crippen LogP contribution in [0.5, 0.6) is 5.75 Å². The van der Waals surface area contributed by atoms with Gasteiger partial charge >= 0.3 is 0 Å². The van der Waals surface area contributed by atoms with Crippen molar-refractivity contribution in [1.29, 1.82) is 0 Å².